The van der Waals surface area contributed by atoms with Crippen LogP contribution in [0.25, 0.3) is 11.0 Å². The minimum absolute atomic E-state index is 0.0256. The summed E-state index contributed by atoms with van der Waals surface area (Å²) in [6, 6.07) is 3.71. The lowest BCUT2D eigenvalue weighted by Gasteiger charge is -2.25. The van der Waals surface area contributed by atoms with Crippen molar-refractivity contribution in [2.75, 3.05) is 26.2 Å². The number of aromatic nitrogens is 2. The van der Waals surface area contributed by atoms with Crippen LogP contribution in [0.15, 0.2) is 24.5 Å². The molecular weight excluding hydrogens is 592 g/mol. The van der Waals surface area contributed by atoms with Crippen molar-refractivity contribution in [3.63, 3.8) is 0 Å². The molecule has 6 nitrogen and oxygen atoms in total. The van der Waals surface area contributed by atoms with E-state index in [2.05, 4.69) is 37.7 Å². The molecule has 0 saturated carbocycles. The molecule has 0 aliphatic carbocycles. The fraction of sp³-hybridized carbons (Fsp3) is 0.762. The van der Waals surface area contributed by atoms with Crippen LogP contribution in [0.3, 0.4) is 0 Å². The molecule has 0 N–H and O–H groups in total. The van der Waals surface area contributed by atoms with Gasteiger partial charge in [-0.1, -0.05) is 156 Å². The highest BCUT2D eigenvalue weighted by Gasteiger charge is 2.24. The van der Waals surface area contributed by atoms with Crippen molar-refractivity contribution in [1.82, 2.24) is 19.8 Å². The molecule has 1 aromatic carbocycles. The predicted molar refractivity (Wildman–Crippen MR) is 205 cm³/mol. The number of unbranched alkanes of at least 4 members (excludes halogenated alkanes) is 20. The van der Waals surface area contributed by atoms with Crippen LogP contribution in [-0.4, -0.2) is 57.8 Å². The van der Waals surface area contributed by atoms with Crippen LogP contribution in [0, 0.1) is 0 Å². The van der Waals surface area contributed by atoms with Crippen LogP contribution in [0.5, 0.6) is 0 Å². The summed E-state index contributed by atoms with van der Waals surface area (Å²) in [6.45, 7) is 12.1. The lowest BCUT2D eigenvalue weighted by molar-refractivity contribution is 0.0739. The van der Waals surface area contributed by atoms with Gasteiger partial charge in [0.25, 0.3) is 11.8 Å². The average Bonchev–Trinajstić information content (AvgIpc) is 3.11. The highest BCUT2D eigenvalue weighted by Crippen LogP contribution is 2.24. The van der Waals surface area contributed by atoms with Crippen LogP contribution in [0.1, 0.15) is 203 Å². The van der Waals surface area contributed by atoms with Crippen molar-refractivity contribution >= 4 is 22.8 Å². The van der Waals surface area contributed by atoms with Gasteiger partial charge >= 0.3 is 0 Å². The highest BCUT2D eigenvalue weighted by molar-refractivity contribution is 6.11. The van der Waals surface area contributed by atoms with E-state index >= 15 is 0 Å². The summed E-state index contributed by atoms with van der Waals surface area (Å²) < 4.78 is 0. The van der Waals surface area contributed by atoms with E-state index in [-0.39, 0.29) is 11.8 Å². The molecule has 48 heavy (non-hydrogen) atoms. The Bertz CT molecular complexity index is 1000. The fourth-order valence-corrected chi connectivity index (χ4v) is 6.70. The normalized spacial score (nSPS) is 11.3. The number of benzene rings is 1. The van der Waals surface area contributed by atoms with Gasteiger partial charge < -0.3 is 9.80 Å². The highest BCUT2D eigenvalue weighted by atomic mass is 16.2. The minimum atomic E-state index is 0.0256. The summed E-state index contributed by atoms with van der Waals surface area (Å²) in [5.74, 6) is 0.0512. The quantitative estimate of drug-likeness (QED) is 0.0779. The number of carbonyl (C=O) groups is 2. The summed E-state index contributed by atoms with van der Waals surface area (Å²) in [5, 5.41) is 0. The smallest absolute Gasteiger partial charge is 0.256 e. The standard InChI is InChI=1S/C42H72N4O2/c1-5-9-13-17-21-25-33-45(34-26-22-18-14-10-6-2)41(47)37-29-30-38(40-39(37)43-31-32-44-40)42(48)46(35-27-23-19-15-11-7-3)36-28-24-20-16-12-8-4/h29-32H,5-28,33-36H2,1-4H3. The van der Waals surface area contributed by atoms with Gasteiger partial charge in [0.05, 0.1) is 11.1 Å². The third-order valence-electron chi connectivity index (χ3n) is 9.79. The Kier molecular flexibility index (Phi) is 23.7. The van der Waals surface area contributed by atoms with Gasteiger partial charge in [0.15, 0.2) is 0 Å². The van der Waals surface area contributed by atoms with E-state index in [0.29, 0.717) is 22.2 Å². The van der Waals surface area contributed by atoms with Crippen LogP contribution in [-0.2, 0) is 0 Å². The second-order valence-electron chi connectivity index (χ2n) is 14.1. The zero-order chi connectivity index (χ0) is 34.7. The molecule has 272 valence electrons. The molecule has 6 heteroatoms. The van der Waals surface area contributed by atoms with Gasteiger partial charge in [-0.2, -0.15) is 0 Å². The van der Waals surface area contributed by atoms with Crippen molar-refractivity contribution in [1.29, 1.82) is 0 Å². The van der Waals surface area contributed by atoms with Crippen molar-refractivity contribution in [3.05, 3.63) is 35.7 Å². The Hall–Kier alpha value is -2.50. The maximum atomic E-state index is 14.2. The average molecular weight is 665 g/mol. The third-order valence-corrected chi connectivity index (χ3v) is 9.79. The van der Waals surface area contributed by atoms with Gasteiger partial charge in [0, 0.05) is 38.6 Å². The Morgan fingerprint density at radius 1 is 0.417 bits per heavy atom. The van der Waals surface area contributed by atoms with Gasteiger partial charge in [-0.05, 0) is 37.8 Å². The molecule has 0 aliphatic heterocycles. The van der Waals surface area contributed by atoms with E-state index in [9.17, 15) is 9.59 Å². The molecule has 2 aromatic rings. The molecule has 0 fully saturated rings. The van der Waals surface area contributed by atoms with E-state index < -0.39 is 0 Å². The largest absolute Gasteiger partial charge is 0.339 e. The van der Waals surface area contributed by atoms with Gasteiger partial charge in [0.2, 0.25) is 0 Å². The van der Waals surface area contributed by atoms with Crippen molar-refractivity contribution in [2.24, 2.45) is 0 Å². The van der Waals surface area contributed by atoms with Crippen LogP contribution >= 0.6 is 0 Å². The molecule has 0 atom stereocenters. The molecule has 1 heterocycles. The number of amides is 2. The fourth-order valence-electron chi connectivity index (χ4n) is 6.70. The van der Waals surface area contributed by atoms with Crippen LogP contribution in [0.2, 0.25) is 0 Å². The van der Waals surface area contributed by atoms with E-state index in [1.807, 2.05) is 21.9 Å². The number of nitrogens with zero attached hydrogens (tertiary/aromatic N) is 4. The first-order valence-corrected chi connectivity index (χ1v) is 20.4. The molecule has 1 aromatic heterocycles. The monoisotopic (exact) mass is 665 g/mol. The maximum Gasteiger partial charge on any atom is 0.256 e. The molecule has 0 bridgehead atoms. The minimum Gasteiger partial charge on any atom is -0.339 e. The Morgan fingerprint density at radius 2 is 0.667 bits per heavy atom. The molecule has 0 unspecified atom stereocenters. The van der Waals surface area contributed by atoms with Crippen molar-refractivity contribution < 1.29 is 9.59 Å². The van der Waals surface area contributed by atoms with E-state index in [4.69, 9.17) is 0 Å². The topological polar surface area (TPSA) is 66.4 Å². The van der Waals surface area contributed by atoms with Crippen LogP contribution in [0.4, 0.5) is 0 Å². The molecule has 0 aliphatic rings. The molecule has 0 spiro atoms. The van der Waals surface area contributed by atoms with Gasteiger partial charge in [-0.25, -0.2) is 0 Å². The lowest BCUT2D eigenvalue weighted by atomic mass is 10.0. The van der Waals surface area contributed by atoms with Crippen molar-refractivity contribution in [3.8, 4) is 0 Å². The SMILES string of the molecule is CCCCCCCCN(CCCCCCCC)C(=O)c1ccc(C(=O)N(CCCCCCCC)CCCCCCCC)c2nccnc12. The number of rotatable bonds is 30. The second-order valence-corrected chi connectivity index (χ2v) is 14.1. The zero-order valence-corrected chi connectivity index (χ0v) is 31.7. The molecule has 2 rings (SSSR count). The van der Waals surface area contributed by atoms with E-state index in [1.165, 1.54) is 103 Å². The van der Waals surface area contributed by atoms with Gasteiger partial charge in [-0.15, -0.1) is 0 Å². The van der Waals surface area contributed by atoms with Crippen molar-refractivity contribution in [2.45, 2.75) is 182 Å². The Morgan fingerprint density at radius 3 is 0.938 bits per heavy atom. The van der Waals surface area contributed by atoms with Crippen LogP contribution < -0.4 is 0 Å². The summed E-state index contributed by atoms with van der Waals surface area (Å²) >= 11 is 0. The summed E-state index contributed by atoms with van der Waals surface area (Å²) in [7, 11) is 0. The lowest BCUT2D eigenvalue weighted by Crippen LogP contribution is -2.34. The predicted octanol–water partition coefficient (Wildman–Crippen LogP) is 12.0. The maximum absolute atomic E-state index is 14.2. The molecule has 2 amide bonds. The summed E-state index contributed by atoms with van der Waals surface area (Å²) in [6.07, 6.45) is 32.1. The molecular formula is C42H72N4O2. The first-order valence-electron chi connectivity index (χ1n) is 20.4. The number of fused-ring (bicyclic) bond motifs is 1. The second kappa shape index (κ2) is 27.3. The van der Waals surface area contributed by atoms with Gasteiger partial charge in [-0.3, -0.25) is 19.6 Å². The number of carbonyl (C=O) groups excluding carboxylic acids is 2. The Labute approximate surface area is 295 Å². The number of hydrogen-bond donors (Lipinski definition) is 0. The third kappa shape index (κ3) is 16.3. The van der Waals surface area contributed by atoms with E-state index in [1.54, 1.807) is 12.4 Å². The first kappa shape index (κ1) is 41.7. The zero-order valence-electron chi connectivity index (χ0n) is 31.7. The van der Waals surface area contributed by atoms with Gasteiger partial charge in [0.1, 0.15) is 11.0 Å². The van der Waals surface area contributed by atoms with E-state index in [0.717, 1.165) is 77.5 Å². The Balaban J connectivity index is 2.23. The molecule has 0 radical (unpaired) electrons. The summed E-state index contributed by atoms with van der Waals surface area (Å²) in [5.41, 5.74) is 2.27. The molecule has 0 saturated heterocycles. The first-order chi connectivity index (χ1) is 23.6. The summed E-state index contributed by atoms with van der Waals surface area (Å²) in [4.78, 5) is 41.8. The number of hydrogen-bond acceptors (Lipinski definition) is 4.